The van der Waals surface area contributed by atoms with E-state index in [0.717, 1.165) is 24.9 Å². The highest BCUT2D eigenvalue weighted by Gasteiger charge is 2.06. The van der Waals surface area contributed by atoms with Crippen LogP contribution in [0.25, 0.3) is 0 Å². The van der Waals surface area contributed by atoms with Gasteiger partial charge in [-0.15, -0.1) is 0 Å². The van der Waals surface area contributed by atoms with E-state index >= 15 is 0 Å². The normalized spacial score (nSPS) is 11.7. The number of aryl methyl sites for hydroxylation is 2. The molecule has 0 saturated heterocycles. The van der Waals surface area contributed by atoms with E-state index in [-0.39, 0.29) is 0 Å². The Balaban J connectivity index is 1.81. The molecule has 22 heavy (non-hydrogen) atoms. The number of anilines is 1. The van der Waals surface area contributed by atoms with Crippen LogP contribution in [0.4, 0.5) is 5.69 Å². The van der Waals surface area contributed by atoms with Crippen LogP contribution in [0.5, 0.6) is 0 Å². The van der Waals surface area contributed by atoms with Crippen molar-refractivity contribution < 1.29 is 0 Å². The molecule has 0 saturated carbocycles. The van der Waals surface area contributed by atoms with Crippen LogP contribution in [0.1, 0.15) is 31.4 Å². The molecule has 0 aromatic heterocycles. The average molecular weight is 312 g/mol. The lowest BCUT2D eigenvalue weighted by Crippen LogP contribution is -2.36. The summed E-state index contributed by atoms with van der Waals surface area (Å²) in [7, 11) is 0. The van der Waals surface area contributed by atoms with Gasteiger partial charge in [0.25, 0.3) is 0 Å². The Morgan fingerprint density at radius 1 is 1.05 bits per heavy atom. The van der Waals surface area contributed by atoms with Crippen LogP contribution in [-0.4, -0.2) is 11.2 Å². The lowest BCUT2D eigenvalue weighted by Gasteiger charge is -2.18. The summed E-state index contributed by atoms with van der Waals surface area (Å²) in [6.07, 6.45) is 3.11. The lowest BCUT2D eigenvalue weighted by molar-refractivity contribution is 0.609. The maximum atomic E-state index is 5.43. The minimum Gasteiger partial charge on any atom is -0.360 e. The molecule has 0 aliphatic rings. The van der Waals surface area contributed by atoms with Crippen molar-refractivity contribution in [2.24, 2.45) is 0 Å². The van der Waals surface area contributed by atoms with E-state index in [2.05, 4.69) is 73.0 Å². The quantitative estimate of drug-likeness (QED) is 0.765. The first-order valence-corrected chi connectivity index (χ1v) is 8.29. The highest BCUT2D eigenvalue weighted by molar-refractivity contribution is 7.80. The third-order valence-electron chi connectivity index (χ3n) is 3.73. The predicted molar refractivity (Wildman–Crippen MR) is 99.4 cm³/mol. The van der Waals surface area contributed by atoms with Gasteiger partial charge in [0, 0.05) is 11.7 Å². The summed E-state index contributed by atoms with van der Waals surface area (Å²) < 4.78 is 0. The fourth-order valence-corrected chi connectivity index (χ4v) is 2.74. The van der Waals surface area contributed by atoms with E-state index < -0.39 is 0 Å². The molecule has 2 rings (SSSR count). The molecule has 2 aromatic rings. The molecular formula is C19H24N2S. The van der Waals surface area contributed by atoms with Crippen LogP contribution in [0, 0.1) is 0 Å². The van der Waals surface area contributed by atoms with Crippen LogP contribution in [0.3, 0.4) is 0 Å². The van der Waals surface area contributed by atoms with Gasteiger partial charge >= 0.3 is 0 Å². The van der Waals surface area contributed by atoms with Crippen molar-refractivity contribution in [3.63, 3.8) is 0 Å². The summed E-state index contributed by atoms with van der Waals surface area (Å²) in [5, 5.41) is 7.38. The monoisotopic (exact) mass is 312 g/mol. The molecule has 1 unspecified atom stereocenters. The van der Waals surface area contributed by atoms with Gasteiger partial charge in [-0.1, -0.05) is 55.5 Å². The number of rotatable bonds is 6. The molecule has 0 aliphatic heterocycles. The van der Waals surface area contributed by atoms with Crippen LogP contribution < -0.4 is 10.6 Å². The first-order valence-electron chi connectivity index (χ1n) is 7.88. The van der Waals surface area contributed by atoms with E-state index in [0.29, 0.717) is 11.2 Å². The zero-order valence-electron chi connectivity index (χ0n) is 13.3. The first-order chi connectivity index (χ1) is 10.7. The summed E-state index contributed by atoms with van der Waals surface area (Å²) in [5.74, 6) is 0. The van der Waals surface area contributed by atoms with Crippen molar-refractivity contribution in [2.45, 2.75) is 39.2 Å². The number of hydrogen-bond acceptors (Lipinski definition) is 1. The maximum absolute atomic E-state index is 5.43. The Morgan fingerprint density at radius 2 is 1.73 bits per heavy atom. The van der Waals surface area contributed by atoms with Crippen LogP contribution in [-0.2, 0) is 12.8 Å². The molecule has 0 radical (unpaired) electrons. The maximum Gasteiger partial charge on any atom is 0.170 e. The van der Waals surface area contributed by atoms with Gasteiger partial charge < -0.3 is 10.6 Å². The second kappa shape index (κ2) is 8.54. The Hall–Kier alpha value is -1.87. The number of para-hydroxylation sites is 1. The zero-order chi connectivity index (χ0) is 15.8. The largest absolute Gasteiger partial charge is 0.360 e. The molecule has 0 aliphatic carbocycles. The van der Waals surface area contributed by atoms with E-state index in [9.17, 15) is 0 Å². The smallest absolute Gasteiger partial charge is 0.170 e. The van der Waals surface area contributed by atoms with Crippen molar-refractivity contribution in [2.75, 3.05) is 5.32 Å². The van der Waals surface area contributed by atoms with Gasteiger partial charge in [0.15, 0.2) is 5.11 Å². The van der Waals surface area contributed by atoms with Crippen molar-refractivity contribution in [3.05, 3.63) is 65.7 Å². The number of thiocarbonyl (C=S) groups is 1. The minimum atomic E-state index is 0.342. The van der Waals surface area contributed by atoms with Gasteiger partial charge in [-0.05, 0) is 55.6 Å². The van der Waals surface area contributed by atoms with E-state index in [4.69, 9.17) is 12.2 Å². The minimum absolute atomic E-state index is 0.342. The lowest BCUT2D eigenvalue weighted by atomic mass is 10.1. The van der Waals surface area contributed by atoms with E-state index in [1.165, 1.54) is 11.1 Å². The molecular weight excluding hydrogens is 288 g/mol. The molecule has 0 amide bonds. The SMILES string of the molecule is CCc1ccccc1NC(=S)NC(C)CCc1ccccc1. The summed E-state index contributed by atoms with van der Waals surface area (Å²) in [4.78, 5) is 0. The molecule has 1 atom stereocenters. The van der Waals surface area contributed by atoms with Crippen LogP contribution >= 0.6 is 12.2 Å². The van der Waals surface area contributed by atoms with Crippen molar-refractivity contribution in [1.82, 2.24) is 5.32 Å². The second-order valence-electron chi connectivity index (χ2n) is 5.53. The first kappa shape index (κ1) is 16.5. The summed E-state index contributed by atoms with van der Waals surface area (Å²) in [6.45, 7) is 4.32. The van der Waals surface area contributed by atoms with Gasteiger partial charge in [0.05, 0.1) is 0 Å². The van der Waals surface area contributed by atoms with Crippen molar-refractivity contribution in [3.8, 4) is 0 Å². The average Bonchev–Trinajstić information content (AvgIpc) is 2.54. The topological polar surface area (TPSA) is 24.1 Å². The van der Waals surface area contributed by atoms with E-state index in [1.807, 2.05) is 6.07 Å². The van der Waals surface area contributed by atoms with Crippen molar-refractivity contribution in [1.29, 1.82) is 0 Å². The fraction of sp³-hybridized carbons (Fsp3) is 0.316. The van der Waals surface area contributed by atoms with Gasteiger partial charge in [0.2, 0.25) is 0 Å². The molecule has 3 heteroatoms. The standard InChI is InChI=1S/C19H24N2S/c1-3-17-11-7-8-12-18(17)21-19(22)20-15(2)13-14-16-9-5-4-6-10-16/h4-12,15H,3,13-14H2,1-2H3,(H2,20,21,22). The molecule has 0 heterocycles. The summed E-state index contributed by atoms with van der Waals surface area (Å²) in [5.41, 5.74) is 3.74. The van der Waals surface area contributed by atoms with Gasteiger partial charge in [-0.25, -0.2) is 0 Å². The molecule has 0 fully saturated rings. The summed E-state index contributed by atoms with van der Waals surface area (Å²) >= 11 is 5.43. The Labute approximate surface area is 139 Å². The Morgan fingerprint density at radius 3 is 2.45 bits per heavy atom. The third kappa shape index (κ3) is 5.15. The van der Waals surface area contributed by atoms with Crippen molar-refractivity contribution >= 4 is 23.0 Å². The molecule has 0 spiro atoms. The van der Waals surface area contributed by atoms with Crippen LogP contribution in [0.15, 0.2) is 54.6 Å². The number of hydrogen-bond donors (Lipinski definition) is 2. The Kier molecular flexibility index (Phi) is 6.41. The zero-order valence-corrected chi connectivity index (χ0v) is 14.1. The highest BCUT2D eigenvalue weighted by Crippen LogP contribution is 2.15. The molecule has 2 nitrogen and oxygen atoms in total. The Bertz CT molecular complexity index is 595. The van der Waals surface area contributed by atoms with E-state index in [1.54, 1.807) is 0 Å². The third-order valence-corrected chi connectivity index (χ3v) is 3.95. The molecule has 0 bridgehead atoms. The van der Waals surface area contributed by atoms with Gasteiger partial charge in [0.1, 0.15) is 0 Å². The predicted octanol–water partition coefficient (Wildman–Crippen LogP) is 4.56. The van der Waals surface area contributed by atoms with Crippen LogP contribution in [0.2, 0.25) is 0 Å². The molecule has 2 aromatic carbocycles. The number of benzene rings is 2. The molecule has 116 valence electrons. The van der Waals surface area contributed by atoms with Gasteiger partial charge in [-0.3, -0.25) is 0 Å². The van der Waals surface area contributed by atoms with Gasteiger partial charge in [-0.2, -0.15) is 0 Å². The second-order valence-corrected chi connectivity index (χ2v) is 5.94. The molecule has 2 N–H and O–H groups in total. The fourth-order valence-electron chi connectivity index (χ4n) is 2.43. The highest BCUT2D eigenvalue weighted by atomic mass is 32.1. The summed E-state index contributed by atoms with van der Waals surface area (Å²) in [6, 6.07) is 19.2. The number of nitrogens with one attached hydrogen (secondary N) is 2.